The van der Waals surface area contributed by atoms with Gasteiger partial charge in [-0.15, -0.1) is 0 Å². The van der Waals surface area contributed by atoms with Gasteiger partial charge in [0.1, 0.15) is 12.2 Å². The van der Waals surface area contributed by atoms with Crippen LogP contribution in [0.15, 0.2) is 141 Å². The van der Waals surface area contributed by atoms with Crippen molar-refractivity contribution in [3.63, 3.8) is 0 Å². The molecule has 0 radical (unpaired) electrons. The molecule has 4 heterocycles. The van der Waals surface area contributed by atoms with Gasteiger partial charge in [0.15, 0.2) is 22.3 Å². The molecule has 0 amide bonds. The van der Waals surface area contributed by atoms with Crippen molar-refractivity contribution in [1.82, 2.24) is 48.0 Å². The van der Waals surface area contributed by atoms with E-state index in [2.05, 4.69) is 155 Å². The van der Waals surface area contributed by atoms with E-state index in [0.717, 1.165) is 35.4 Å². The van der Waals surface area contributed by atoms with Gasteiger partial charge in [-0.1, -0.05) is 121 Å². The first-order valence-electron chi connectivity index (χ1n) is 20.9. The van der Waals surface area contributed by atoms with Crippen molar-refractivity contribution >= 4 is 45.5 Å². The molecule has 4 aromatic carbocycles. The number of hydrogen-bond donors (Lipinski definition) is 2. The molecule has 0 bridgehead atoms. The Morgan fingerprint density at radius 3 is 1.02 bits per heavy atom. The molecule has 4 aromatic heterocycles. The molecule has 18 heteroatoms. The number of nitrogens with one attached hydrogen (secondary N) is 2. The van der Waals surface area contributed by atoms with Gasteiger partial charge in [0.25, 0.3) is 11.1 Å². The van der Waals surface area contributed by atoms with Gasteiger partial charge in [-0.2, -0.15) is 9.97 Å². The number of hydrogen-bond acceptors (Lipinski definition) is 10. The molecule has 2 N–H and O–H groups in total. The van der Waals surface area contributed by atoms with Gasteiger partial charge in [0, 0.05) is 41.3 Å². The van der Waals surface area contributed by atoms with E-state index in [-0.39, 0.29) is 45.1 Å². The first-order chi connectivity index (χ1) is 31.6. The summed E-state index contributed by atoms with van der Waals surface area (Å²) in [6, 6.07) is 41.5. The van der Waals surface area contributed by atoms with Crippen molar-refractivity contribution in [3.05, 3.63) is 196 Å². The van der Waals surface area contributed by atoms with Gasteiger partial charge < -0.3 is 29.2 Å². The molecular formula is C48H56Cl2N10O6. The number of benzene rings is 4. The zero-order chi connectivity index (χ0) is 47.9. The van der Waals surface area contributed by atoms with E-state index in [1.807, 2.05) is 24.3 Å². The maximum absolute atomic E-state index is 11.5. The van der Waals surface area contributed by atoms with Crippen molar-refractivity contribution < 1.29 is 9.47 Å². The molecule has 0 aliphatic heterocycles. The second-order valence-electron chi connectivity index (χ2n) is 15.6. The quantitative estimate of drug-likeness (QED) is 0.140. The van der Waals surface area contributed by atoms with Gasteiger partial charge >= 0.3 is 11.4 Å². The van der Waals surface area contributed by atoms with Gasteiger partial charge in [-0.05, 0) is 73.6 Å². The third-order valence-electron chi connectivity index (χ3n) is 10.2. The van der Waals surface area contributed by atoms with Gasteiger partial charge in [-0.3, -0.25) is 27.9 Å². The summed E-state index contributed by atoms with van der Waals surface area (Å²) in [5, 5.41) is 0.191. The summed E-state index contributed by atoms with van der Waals surface area (Å²) in [5.41, 5.74) is 4.10. The summed E-state index contributed by atoms with van der Waals surface area (Å²) in [6.45, 7) is 3.30. The minimum Gasteiger partial charge on any atom is -0.367 e. The number of halogens is 2. The molecule has 0 fully saturated rings. The summed E-state index contributed by atoms with van der Waals surface area (Å²) in [7, 11) is 14.1. The number of ether oxygens (including phenoxy) is 2. The number of fused-ring (bicyclic) bond motifs is 2. The maximum atomic E-state index is 11.5. The SMILES string of the molecule is CN(C)CCOC(c1ccccc1)c1ccccc1.CN(C)CCOC(c1ccccc1)c1ccccc1.Cn1c(=O)c2[nH]c(Cl)nc2n(C)c1=O.Cn1c(=O)c2[nH]c(Cl)nc2n(C)c1=O. The van der Waals surface area contributed by atoms with Crippen LogP contribution in [0.25, 0.3) is 22.3 Å². The van der Waals surface area contributed by atoms with E-state index in [1.54, 1.807) is 0 Å². The molecule has 0 saturated heterocycles. The number of aromatic amines is 2. The molecule has 66 heavy (non-hydrogen) atoms. The van der Waals surface area contributed by atoms with Gasteiger partial charge in [0.2, 0.25) is 10.6 Å². The highest BCUT2D eigenvalue weighted by Crippen LogP contribution is 2.26. The Hall–Kier alpha value is -6.40. The summed E-state index contributed by atoms with van der Waals surface area (Å²) in [6.07, 6.45) is 0.0321. The number of likely N-dealkylation sites (N-methyl/N-ethyl adjacent to an activating group) is 2. The van der Waals surface area contributed by atoms with Crippen molar-refractivity contribution in [2.45, 2.75) is 12.2 Å². The van der Waals surface area contributed by atoms with Crippen LogP contribution in [0.5, 0.6) is 0 Å². The Balaban J connectivity index is 0.000000167. The summed E-state index contributed by atoms with van der Waals surface area (Å²) in [5.74, 6) is 0. The monoisotopic (exact) mass is 938 g/mol. The Morgan fingerprint density at radius 1 is 0.485 bits per heavy atom. The van der Waals surface area contributed by atoms with Crippen LogP contribution in [-0.2, 0) is 37.7 Å². The fourth-order valence-corrected chi connectivity index (χ4v) is 6.93. The zero-order valence-corrected chi connectivity index (χ0v) is 39.8. The Morgan fingerprint density at radius 2 is 0.758 bits per heavy atom. The Labute approximate surface area is 392 Å². The van der Waals surface area contributed by atoms with E-state index in [9.17, 15) is 19.2 Å². The lowest BCUT2D eigenvalue weighted by atomic mass is 10.0. The molecular weight excluding hydrogens is 883 g/mol. The van der Waals surface area contributed by atoms with Crippen molar-refractivity contribution in [2.75, 3.05) is 54.5 Å². The molecule has 0 spiro atoms. The molecule has 0 atom stereocenters. The third-order valence-corrected chi connectivity index (χ3v) is 10.5. The summed E-state index contributed by atoms with van der Waals surface area (Å²) in [4.78, 5) is 63.1. The molecule has 16 nitrogen and oxygen atoms in total. The lowest BCUT2D eigenvalue weighted by Gasteiger charge is -2.20. The molecule has 348 valence electrons. The highest BCUT2D eigenvalue weighted by Gasteiger charge is 2.16. The zero-order valence-electron chi connectivity index (χ0n) is 38.3. The van der Waals surface area contributed by atoms with Crippen LogP contribution < -0.4 is 22.5 Å². The van der Waals surface area contributed by atoms with Gasteiger partial charge in [-0.25, -0.2) is 9.59 Å². The molecule has 0 saturated carbocycles. The van der Waals surface area contributed by atoms with Crippen LogP contribution in [0.1, 0.15) is 34.5 Å². The predicted molar refractivity (Wildman–Crippen MR) is 262 cm³/mol. The van der Waals surface area contributed by atoms with Crippen LogP contribution in [0.3, 0.4) is 0 Å². The lowest BCUT2D eigenvalue weighted by molar-refractivity contribution is 0.0686. The smallest absolute Gasteiger partial charge is 0.332 e. The van der Waals surface area contributed by atoms with Crippen molar-refractivity contribution in [1.29, 1.82) is 0 Å². The van der Waals surface area contributed by atoms with Crippen LogP contribution in [0.4, 0.5) is 0 Å². The largest absolute Gasteiger partial charge is 0.367 e. The molecule has 8 aromatic rings. The lowest BCUT2D eigenvalue weighted by Crippen LogP contribution is -2.36. The maximum Gasteiger partial charge on any atom is 0.332 e. The standard InChI is InChI=1S/2C17H21NO.2C7H7ClN4O2/c2*1-18(2)13-14-19-17(15-9-5-3-6-10-15)16-11-7-4-8-12-16;2*1-11-4-3(9-6(8)10-4)5(13)12(2)7(11)14/h2*3-12,17H,13-14H2,1-2H3;2*1-2H3,(H,9,10). The van der Waals surface area contributed by atoms with Crippen LogP contribution in [-0.4, -0.2) is 102 Å². The summed E-state index contributed by atoms with van der Waals surface area (Å²) < 4.78 is 16.7. The van der Waals surface area contributed by atoms with E-state index in [4.69, 9.17) is 32.7 Å². The molecule has 0 unspecified atom stereocenters. The molecule has 0 aliphatic rings. The Bertz CT molecular complexity index is 2720. The predicted octanol–water partition coefficient (Wildman–Crippen LogP) is 5.94. The second-order valence-corrected chi connectivity index (χ2v) is 16.3. The van der Waals surface area contributed by atoms with Crippen LogP contribution in [0.2, 0.25) is 10.6 Å². The fraction of sp³-hybridized carbons (Fsp3) is 0.292. The minimum atomic E-state index is -0.428. The third kappa shape index (κ3) is 13.3. The van der Waals surface area contributed by atoms with E-state index < -0.39 is 22.5 Å². The Kier molecular flexibility index (Phi) is 18.6. The first kappa shape index (κ1) is 50.6. The molecule has 0 aliphatic carbocycles. The number of rotatable bonds is 12. The number of nitrogens with zero attached hydrogens (tertiary/aromatic N) is 8. The highest BCUT2D eigenvalue weighted by molar-refractivity contribution is 6.29. The van der Waals surface area contributed by atoms with E-state index in [0.29, 0.717) is 0 Å². The number of imidazole rings is 2. The van der Waals surface area contributed by atoms with E-state index in [1.165, 1.54) is 59.6 Å². The first-order valence-corrected chi connectivity index (χ1v) is 21.7. The van der Waals surface area contributed by atoms with E-state index >= 15 is 0 Å². The van der Waals surface area contributed by atoms with Gasteiger partial charge in [0.05, 0.1) is 13.2 Å². The highest BCUT2D eigenvalue weighted by atomic mass is 35.5. The summed E-state index contributed by atoms with van der Waals surface area (Å²) >= 11 is 11.2. The second kappa shape index (κ2) is 24.2. The normalized spacial score (nSPS) is 11.1. The number of aromatic nitrogens is 8. The van der Waals surface area contributed by atoms with Crippen molar-refractivity contribution in [2.24, 2.45) is 28.2 Å². The molecule has 8 rings (SSSR count). The topological polar surface area (TPSA) is 170 Å². The number of aryl methyl sites for hydroxylation is 2. The average Bonchev–Trinajstić information content (AvgIpc) is 3.93. The fourth-order valence-electron chi connectivity index (χ4n) is 6.58. The van der Waals surface area contributed by atoms with Crippen LogP contribution >= 0.6 is 23.2 Å². The number of H-pyrrole nitrogens is 2. The minimum absolute atomic E-state index is 0.0161. The average molecular weight is 940 g/mol. The van der Waals surface area contributed by atoms with Crippen molar-refractivity contribution in [3.8, 4) is 0 Å². The van der Waals surface area contributed by atoms with Crippen LogP contribution in [0, 0.1) is 0 Å².